The summed E-state index contributed by atoms with van der Waals surface area (Å²) in [6.07, 6.45) is 7.66. The van der Waals surface area contributed by atoms with E-state index >= 15 is 0 Å². The first-order valence-electron chi connectivity index (χ1n) is 7.61. The predicted molar refractivity (Wildman–Crippen MR) is 80.9 cm³/mol. The summed E-state index contributed by atoms with van der Waals surface area (Å²) in [6.45, 7) is 7.81. The molecule has 0 aliphatic carbocycles. The first-order valence-corrected chi connectivity index (χ1v) is 7.61. The Morgan fingerprint density at radius 3 is 2.28 bits per heavy atom. The first-order chi connectivity index (χ1) is 8.81. The van der Waals surface area contributed by atoms with E-state index in [9.17, 15) is 0 Å². The van der Waals surface area contributed by atoms with Crippen LogP contribution in [0, 0.1) is 0 Å². The Balaban J connectivity index is 2.49. The molecule has 1 nitrogen and oxygen atoms in total. The van der Waals surface area contributed by atoms with Crippen molar-refractivity contribution in [2.24, 2.45) is 0 Å². The molecule has 0 spiro atoms. The van der Waals surface area contributed by atoms with Crippen molar-refractivity contribution in [1.29, 1.82) is 0 Å². The molecule has 1 heteroatoms. The molecule has 1 rings (SSSR count). The number of unbranched alkanes of at least 4 members (excludes halogenated alkanes) is 1. The van der Waals surface area contributed by atoms with Gasteiger partial charge in [-0.05, 0) is 30.4 Å². The van der Waals surface area contributed by atoms with Crippen LogP contribution in [0.4, 0.5) is 0 Å². The van der Waals surface area contributed by atoms with Crippen molar-refractivity contribution in [1.82, 2.24) is 5.32 Å². The van der Waals surface area contributed by atoms with Crippen molar-refractivity contribution in [3.63, 3.8) is 0 Å². The van der Waals surface area contributed by atoms with Gasteiger partial charge in [0, 0.05) is 12.6 Å². The summed E-state index contributed by atoms with van der Waals surface area (Å²) in [6, 6.07) is 9.49. The van der Waals surface area contributed by atoms with E-state index in [-0.39, 0.29) is 0 Å². The van der Waals surface area contributed by atoms with Gasteiger partial charge >= 0.3 is 0 Å². The molecule has 102 valence electrons. The van der Waals surface area contributed by atoms with Crippen LogP contribution in [0.1, 0.15) is 64.0 Å². The van der Waals surface area contributed by atoms with Crippen LogP contribution in [-0.2, 0) is 13.0 Å². The van der Waals surface area contributed by atoms with Crippen LogP contribution < -0.4 is 5.32 Å². The van der Waals surface area contributed by atoms with E-state index in [0.29, 0.717) is 6.04 Å². The van der Waals surface area contributed by atoms with Crippen LogP contribution in [0.25, 0.3) is 0 Å². The van der Waals surface area contributed by atoms with Gasteiger partial charge in [0.15, 0.2) is 0 Å². The minimum atomic E-state index is 0.694. The average molecular weight is 247 g/mol. The van der Waals surface area contributed by atoms with Gasteiger partial charge in [0.2, 0.25) is 0 Å². The molecule has 0 aliphatic rings. The lowest BCUT2D eigenvalue weighted by molar-refractivity contribution is 0.433. The zero-order valence-electron chi connectivity index (χ0n) is 12.3. The number of aryl methyl sites for hydroxylation is 1. The molecule has 1 aromatic carbocycles. The standard InChI is InChI=1S/C17H29N/c1-4-7-13-17(10-5-2)18-14-16-12-9-8-11-15(16)6-3/h8-9,11-12,17-18H,4-7,10,13-14H2,1-3H3. The maximum absolute atomic E-state index is 3.75. The van der Waals surface area contributed by atoms with E-state index in [1.165, 1.54) is 43.2 Å². The molecule has 0 amide bonds. The molecule has 0 fully saturated rings. The second-order valence-corrected chi connectivity index (χ2v) is 5.13. The summed E-state index contributed by atoms with van der Waals surface area (Å²) in [7, 11) is 0. The second-order valence-electron chi connectivity index (χ2n) is 5.13. The van der Waals surface area contributed by atoms with Gasteiger partial charge in [-0.25, -0.2) is 0 Å². The first kappa shape index (κ1) is 15.2. The number of benzene rings is 1. The molecule has 1 atom stereocenters. The minimum Gasteiger partial charge on any atom is -0.310 e. The molecule has 1 unspecified atom stereocenters. The van der Waals surface area contributed by atoms with E-state index in [1.54, 1.807) is 0 Å². The van der Waals surface area contributed by atoms with Crippen LogP contribution in [0.5, 0.6) is 0 Å². The largest absolute Gasteiger partial charge is 0.310 e. The normalized spacial score (nSPS) is 12.6. The summed E-state index contributed by atoms with van der Waals surface area (Å²) >= 11 is 0. The van der Waals surface area contributed by atoms with Gasteiger partial charge in [0.25, 0.3) is 0 Å². The van der Waals surface area contributed by atoms with E-state index in [4.69, 9.17) is 0 Å². The van der Waals surface area contributed by atoms with Gasteiger partial charge in [0.05, 0.1) is 0 Å². The Hall–Kier alpha value is -0.820. The van der Waals surface area contributed by atoms with E-state index in [0.717, 1.165) is 13.0 Å². The van der Waals surface area contributed by atoms with Crippen molar-refractivity contribution in [2.45, 2.75) is 71.9 Å². The SMILES string of the molecule is CCCCC(CCC)NCc1ccccc1CC. The molecule has 1 N–H and O–H groups in total. The van der Waals surface area contributed by atoms with E-state index in [2.05, 4.69) is 50.4 Å². The maximum atomic E-state index is 3.75. The molecular weight excluding hydrogens is 218 g/mol. The molecule has 0 aliphatic heterocycles. The van der Waals surface area contributed by atoms with Crippen molar-refractivity contribution in [3.05, 3.63) is 35.4 Å². The number of hydrogen-bond donors (Lipinski definition) is 1. The number of hydrogen-bond acceptors (Lipinski definition) is 1. The fraction of sp³-hybridized carbons (Fsp3) is 0.647. The Morgan fingerprint density at radius 1 is 0.944 bits per heavy atom. The summed E-state index contributed by atoms with van der Waals surface area (Å²) < 4.78 is 0. The Bertz CT molecular complexity index is 319. The smallest absolute Gasteiger partial charge is 0.0210 e. The fourth-order valence-corrected chi connectivity index (χ4v) is 2.48. The van der Waals surface area contributed by atoms with E-state index in [1.807, 2.05) is 0 Å². The van der Waals surface area contributed by atoms with Gasteiger partial charge in [-0.2, -0.15) is 0 Å². The molecule has 0 bridgehead atoms. The molecule has 1 aromatic rings. The summed E-state index contributed by atoms with van der Waals surface area (Å²) in [5.41, 5.74) is 2.95. The molecule has 18 heavy (non-hydrogen) atoms. The lowest BCUT2D eigenvalue weighted by Gasteiger charge is -2.19. The zero-order chi connectivity index (χ0) is 13.2. The molecular formula is C17H29N. The molecule has 0 saturated carbocycles. The maximum Gasteiger partial charge on any atom is 0.0210 e. The van der Waals surface area contributed by atoms with Crippen LogP contribution in [0.3, 0.4) is 0 Å². The minimum absolute atomic E-state index is 0.694. The Morgan fingerprint density at radius 2 is 1.67 bits per heavy atom. The zero-order valence-corrected chi connectivity index (χ0v) is 12.3. The van der Waals surface area contributed by atoms with Crippen molar-refractivity contribution < 1.29 is 0 Å². The molecule has 0 radical (unpaired) electrons. The van der Waals surface area contributed by atoms with Gasteiger partial charge < -0.3 is 5.32 Å². The highest BCUT2D eigenvalue weighted by Gasteiger charge is 2.07. The van der Waals surface area contributed by atoms with Crippen molar-refractivity contribution in [2.75, 3.05) is 0 Å². The third kappa shape index (κ3) is 5.22. The number of rotatable bonds is 9. The van der Waals surface area contributed by atoms with Crippen LogP contribution in [0.15, 0.2) is 24.3 Å². The van der Waals surface area contributed by atoms with Crippen LogP contribution >= 0.6 is 0 Å². The third-order valence-corrected chi connectivity index (χ3v) is 3.62. The molecule has 0 saturated heterocycles. The lowest BCUT2D eigenvalue weighted by Crippen LogP contribution is -2.28. The fourth-order valence-electron chi connectivity index (χ4n) is 2.48. The average Bonchev–Trinajstić information content (AvgIpc) is 2.42. The van der Waals surface area contributed by atoms with E-state index < -0.39 is 0 Å². The summed E-state index contributed by atoms with van der Waals surface area (Å²) in [5.74, 6) is 0. The quantitative estimate of drug-likeness (QED) is 0.667. The van der Waals surface area contributed by atoms with Gasteiger partial charge in [0.1, 0.15) is 0 Å². The van der Waals surface area contributed by atoms with Crippen LogP contribution in [-0.4, -0.2) is 6.04 Å². The summed E-state index contributed by atoms with van der Waals surface area (Å²) in [5, 5.41) is 3.75. The predicted octanol–water partition coefficient (Wildman–Crippen LogP) is 4.70. The van der Waals surface area contributed by atoms with Crippen molar-refractivity contribution >= 4 is 0 Å². The molecule has 0 heterocycles. The molecule has 0 aromatic heterocycles. The highest BCUT2D eigenvalue weighted by atomic mass is 14.9. The third-order valence-electron chi connectivity index (χ3n) is 3.62. The van der Waals surface area contributed by atoms with Gasteiger partial charge in [-0.1, -0.05) is 64.3 Å². The highest BCUT2D eigenvalue weighted by molar-refractivity contribution is 5.26. The monoisotopic (exact) mass is 247 g/mol. The van der Waals surface area contributed by atoms with Crippen molar-refractivity contribution in [3.8, 4) is 0 Å². The lowest BCUT2D eigenvalue weighted by atomic mass is 10.0. The number of nitrogens with one attached hydrogen (secondary N) is 1. The Labute approximate surface area is 113 Å². The second kappa shape index (κ2) is 9.16. The topological polar surface area (TPSA) is 12.0 Å². The highest BCUT2D eigenvalue weighted by Crippen LogP contribution is 2.12. The van der Waals surface area contributed by atoms with Gasteiger partial charge in [-0.15, -0.1) is 0 Å². The van der Waals surface area contributed by atoms with Gasteiger partial charge in [-0.3, -0.25) is 0 Å². The Kier molecular flexibility index (Phi) is 7.75. The van der Waals surface area contributed by atoms with Crippen LogP contribution in [0.2, 0.25) is 0 Å². The summed E-state index contributed by atoms with van der Waals surface area (Å²) in [4.78, 5) is 0.